The van der Waals surface area contributed by atoms with Crippen molar-refractivity contribution in [2.75, 3.05) is 18.0 Å². The SMILES string of the molecule is CCN(CC)c1ccc(/C=N/NC(=O)c2cc3c(s2)CC[C@H](C)C3)c(O)c1. The molecule has 1 aliphatic rings. The third kappa shape index (κ3) is 4.50. The highest BCUT2D eigenvalue weighted by Crippen LogP contribution is 2.32. The fourth-order valence-corrected chi connectivity index (χ4v) is 4.56. The van der Waals surface area contributed by atoms with E-state index in [-0.39, 0.29) is 11.7 Å². The standard InChI is InChI=1S/C21H27N3O2S/c1-4-24(5-2)17-8-7-15(18(25)12-17)13-22-23-21(26)20-11-16-10-14(3)6-9-19(16)27-20/h7-8,11-14,25H,4-6,9-10H2,1-3H3,(H,23,26)/b22-13+/t14-/m0/s1. The molecule has 0 spiro atoms. The first-order chi connectivity index (χ1) is 13.0. The maximum atomic E-state index is 12.4. The fraction of sp³-hybridized carbons (Fsp3) is 0.429. The molecular weight excluding hydrogens is 358 g/mol. The lowest BCUT2D eigenvalue weighted by Gasteiger charge is -2.21. The van der Waals surface area contributed by atoms with Crippen molar-refractivity contribution >= 4 is 29.1 Å². The minimum Gasteiger partial charge on any atom is -0.507 e. The Hall–Kier alpha value is -2.34. The summed E-state index contributed by atoms with van der Waals surface area (Å²) in [5.74, 6) is 0.638. The molecule has 0 aliphatic heterocycles. The first-order valence-electron chi connectivity index (χ1n) is 9.54. The highest BCUT2D eigenvalue weighted by molar-refractivity contribution is 7.14. The maximum Gasteiger partial charge on any atom is 0.281 e. The van der Waals surface area contributed by atoms with Crippen LogP contribution in [0.4, 0.5) is 5.69 Å². The van der Waals surface area contributed by atoms with Crippen LogP contribution < -0.4 is 10.3 Å². The molecular formula is C21H27N3O2S. The molecule has 0 saturated carbocycles. The number of aromatic hydroxyl groups is 1. The summed E-state index contributed by atoms with van der Waals surface area (Å²) in [7, 11) is 0. The molecule has 1 aliphatic carbocycles. The highest BCUT2D eigenvalue weighted by Gasteiger charge is 2.20. The van der Waals surface area contributed by atoms with E-state index in [0.717, 1.165) is 31.6 Å². The second-order valence-corrected chi connectivity index (χ2v) is 8.16. The smallest absolute Gasteiger partial charge is 0.281 e. The minimum atomic E-state index is -0.197. The molecule has 0 saturated heterocycles. The number of thiophene rings is 1. The van der Waals surface area contributed by atoms with Crippen LogP contribution in [0.3, 0.4) is 0 Å². The van der Waals surface area contributed by atoms with Gasteiger partial charge < -0.3 is 10.0 Å². The molecule has 3 rings (SSSR count). The topological polar surface area (TPSA) is 64.9 Å². The second-order valence-electron chi connectivity index (χ2n) is 7.02. The van der Waals surface area contributed by atoms with E-state index < -0.39 is 0 Å². The van der Waals surface area contributed by atoms with Gasteiger partial charge in [0.2, 0.25) is 0 Å². The van der Waals surface area contributed by atoms with Gasteiger partial charge in [-0.05, 0) is 62.8 Å². The Kier molecular flexibility index (Phi) is 6.16. The van der Waals surface area contributed by atoms with Crippen LogP contribution in [0.25, 0.3) is 0 Å². The molecule has 144 valence electrons. The number of anilines is 1. The van der Waals surface area contributed by atoms with Crippen LogP contribution in [-0.4, -0.2) is 30.3 Å². The number of rotatable bonds is 6. The zero-order valence-corrected chi connectivity index (χ0v) is 17.0. The Morgan fingerprint density at radius 1 is 1.37 bits per heavy atom. The number of nitrogens with one attached hydrogen (secondary N) is 1. The van der Waals surface area contributed by atoms with E-state index in [2.05, 4.69) is 36.2 Å². The van der Waals surface area contributed by atoms with Crippen LogP contribution in [-0.2, 0) is 12.8 Å². The maximum absolute atomic E-state index is 12.4. The van der Waals surface area contributed by atoms with Crippen LogP contribution in [0.1, 0.15) is 52.9 Å². The van der Waals surface area contributed by atoms with Crippen LogP contribution in [0.5, 0.6) is 5.75 Å². The first kappa shape index (κ1) is 19.4. The molecule has 5 nitrogen and oxygen atoms in total. The van der Waals surface area contributed by atoms with Crippen molar-refractivity contribution in [1.29, 1.82) is 0 Å². The highest BCUT2D eigenvalue weighted by atomic mass is 32.1. The van der Waals surface area contributed by atoms with Gasteiger partial charge in [0.15, 0.2) is 0 Å². The molecule has 1 aromatic carbocycles. The predicted octanol–water partition coefficient (Wildman–Crippen LogP) is 4.19. The van der Waals surface area contributed by atoms with Crippen LogP contribution in [0.2, 0.25) is 0 Å². The van der Waals surface area contributed by atoms with Crippen molar-refractivity contribution < 1.29 is 9.90 Å². The molecule has 27 heavy (non-hydrogen) atoms. The number of carbonyl (C=O) groups excluding carboxylic acids is 1. The molecule has 0 unspecified atom stereocenters. The molecule has 1 aromatic heterocycles. The Morgan fingerprint density at radius 2 is 2.15 bits per heavy atom. The summed E-state index contributed by atoms with van der Waals surface area (Å²) >= 11 is 1.56. The van der Waals surface area contributed by atoms with Crippen molar-refractivity contribution in [1.82, 2.24) is 5.43 Å². The Balaban J connectivity index is 1.64. The van der Waals surface area contributed by atoms with Crippen LogP contribution >= 0.6 is 11.3 Å². The molecule has 2 aromatic rings. The van der Waals surface area contributed by atoms with Gasteiger partial charge in [0.05, 0.1) is 11.1 Å². The molecule has 1 amide bonds. The van der Waals surface area contributed by atoms with E-state index in [1.807, 2.05) is 18.2 Å². The predicted molar refractivity (Wildman–Crippen MR) is 112 cm³/mol. The van der Waals surface area contributed by atoms with Gasteiger partial charge in [0, 0.05) is 35.3 Å². The molecule has 0 bridgehead atoms. The normalized spacial score (nSPS) is 16.3. The van der Waals surface area contributed by atoms with Crippen LogP contribution in [0, 0.1) is 5.92 Å². The number of phenolic OH excluding ortho intramolecular Hbond substituents is 1. The Morgan fingerprint density at radius 3 is 2.85 bits per heavy atom. The average Bonchev–Trinajstić information content (AvgIpc) is 3.07. The van der Waals surface area contributed by atoms with Gasteiger partial charge >= 0.3 is 0 Å². The summed E-state index contributed by atoms with van der Waals surface area (Å²) in [5, 5.41) is 14.2. The number of hydrazone groups is 1. The number of phenols is 1. The van der Waals surface area contributed by atoms with E-state index in [0.29, 0.717) is 16.4 Å². The number of nitrogens with zero attached hydrogens (tertiary/aromatic N) is 2. The lowest BCUT2D eigenvalue weighted by molar-refractivity contribution is 0.0959. The number of hydrogen-bond donors (Lipinski definition) is 2. The molecule has 6 heteroatoms. The Labute approximate surface area is 164 Å². The second kappa shape index (κ2) is 8.57. The van der Waals surface area contributed by atoms with Gasteiger partial charge in [-0.1, -0.05) is 6.92 Å². The van der Waals surface area contributed by atoms with Crippen molar-refractivity contribution in [3.8, 4) is 5.75 Å². The summed E-state index contributed by atoms with van der Waals surface area (Å²) in [4.78, 5) is 16.5. The quantitative estimate of drug-likeness (QED) is 0.579. The lowest BCUT2D eigenvalue weighted by atomic mass is 9.90. The van der Waals surface area contributed by atoms with E-state index in [9.17, 15) is 9.90 Å². The molecule has 1 heterocycles. The first-order valence-corrected chi connectivity index (χ1v) is 10.4. The summed E-state index contributed by atoms with van der Waals surface area (Å²) in [5.41, 5.74) is 5.42. The summed E-state index contributed by atoms with van der Waals surface area (Å²) < 4.78 is 0. The van der Waals surface area contributed by atoms with E-state index in [1.165, 1.54) is 23.1 Å². The summed E-state index contributed by atoms with van der Waals surface area (Å²) in [6, 6.07) is 7.48. The van der Waals surface area contributed by atoms with Gasteiger partial charge in [0.25, 0.3) is 5.91 Å². The van der Waals surface area contributed by atoms with Crippen molar-refractivity contribution in [2.24, 2.45) is 11.0 Å². The van der Waals surface area contributed by atoms with Gasteiger partial charge in [-0.25, -0.2) is 5.43 Å². The Bertz CT molecular complexity index is 840. The summed E-state index contributed by atoms with van der Waals surface area (Å²) in [6.07, 6.45) is 4.78. The van der Waals surface area contributed by atoms with Gasteiger partial charge in [-0.3, -0.25) is 4.79 Å². The zero-order valence-electron chi connectivity index (χ0n) is 16.2. The number of benzene rings is 1. The van der Waals surface area contributed by atoms with Crippen molar-refractivity contribution in [3.05, 3.63) is 45.1 Å². The van der Waals surface area contributed by atoms with Gasteiger partial charge in [0.1, 0.15) is 5.75 Å². The summed E-state index contributed by atoms with van der Waals surface area (Å²) in [6.45, 7) is 8.16. The molecule has 0 fully saturated rings. The van der Waals surface area contributed by atoms with E-state index in [1.54, 1.807) is 17.4 Å². The number of carbonyl (C=O) groups is 1. The van der Waals surface area contributed by atoms with Crippen molar-refractivity contribution in [3.63, 3.8) is 0 Å². The lowest BCUT2D eigenvalue weighted by Crippen LogP contribution is -2.21. The minimum absolute atomic E-state index is 0.151. The molecule has 0 radical (unpaired) electrons. The number of amides is 1. The average molecular weight is 386 g/mol. The van der Waals surface area contributed by atoms with Gasteiger partial charge in [-0.2, -0.15) is 5.10 Å². The fourth-order valence-electron chi connectivity index (χ4n) is 3.46. The number of hydrogen-bond acceptors (Lipinski definition) is 5. The third-order valence-electron chi connectivity index (χ3n) is 5.07. The monoisotopic (exact) mass is 385 g/mol. The number of aryl methyl sites for hydroxylation is 1. The van der Waals surface area contributed by atoms with E-state index >= 15 is 0 Å². The third-order valence-corrected chi connectivity index (χ3v) is 6.30. The molecule has 2 N–H and O–H groups in total. The van der Waals surface area contributed by atoms with E-state index in [4.69, 9.17) is 0 Å². The van der Waals surface area contributed by atoms with Gasteiger partial charge in [-0.15, -0.1) is 11.3 Å². The largest absolute Gasteiger partial charge is 0.507 e. The van der Waals surface area contributed by atoms with Crippen molar-refractivity contribution in [2.45, 2.75) is 40.0 Å². The van der Waals surface area contributed by atoms with Crippen LogP contribution in [0.15, 0.2) is 29.4 Å². The molecule has 1 atom stereocenters. The zero-order chi connectivity index (χ0) is 19.4. The number of fused-ring (bicyclic) bond motifs is 1.